The molecule has 1 aromatic carbocycles. The normalized spacial score (nSPS) is 10.6. The molecule has 0 fully saturated rings. The number of aromatic nitrogens is 4. The fourth-order valence-electron chi connectivity index (χ4n) is 1.75. The quantitative estimate of drug-likeness (QED) is 0.686. The van der Waals surface area contributed by atoms with Crippen molar-refractivity contribution in [2.45, 2.75) is 0 Å². The van der Waals surface area contributed by atoms with Crippen molar-refractivity contribution in [2.24, 2.45) is 0 Å². The lowest BCUT2D eigenvalue weighted by Crippen LogP contribution is -2.14. The molecule has 2 heterocycles. The molecule has 19 heavy (non-hydrogen) atoms. The Morgan fingerprint density at radius 3 is 2.58 bits per heavy atom. The van der Waals surface area contributed by atoms with Crippen LogP contribution in [0, 0.1) is 3.57 Å². The third kappa shape index (κ3) is 2.30. The molecule has 0 atom stereocenters. The van der Waals surface area contributed by atoms with Gasteiger partial charge in [-0.15, -0.1) is 0 Å². The van der Waals surface area contributed by atoms with E-state index >= 15 is 0 Å². The third-order valence-corrected chi connectivity index (χ3v) is 3.63. The van der Waals surface area contributed by atoms with Gasteiger partial charge in [0, 0.05) is 18.0 Å². The number of hydrogen-bond acceptors (Lipinski definition) is 3. The van der Waals surface area contributed by atoms with Gasteiger partial charge in [-0.25, -0.2) is 9.97 Å². The van der Waals surface area contributed by atoms with Crippen molar-refractivity contribution in [3.05, 3.63) is 56.6 Å². The Kier molecular flexibility index (Phi) is 3.16. The summed E-state index contributed by atoms with van der Waals surface area (Å²) in [4.78, 5) is 26.2. The Hall–Kier alpha value is -1.96. The molecule has 0 aliphatic rings. The predicted molar refractivity (Wildman–Crippen MR) is 80.6 cm³/mol. The molecular weight excluding hydrogens is 355 g/mol. The molecule has 0 saturated heterocycles. The van der Waals surface area contributed by atoms with Crippen LogP contribution in [0.2, 0.25) is 0 Å². The Labute approximate surface area is 122 Å². The summed E-state index contributed by atoms with van der Waals surface area (Å²) in [5, 5.41) is 0. The molecule has 0 unspecified atom stereocenters. The molecule has 2 aromatic heterocycles. The van der Waals surface area contributed by atoms with Crippen LogP contribution in [0.4, 0.5) is 0 Å². The van der Waals surface area contributed by atoms with Gasteiger partial charge >= 0.3 is 0 Å². The lowest BCUT2D eigenvalue weighted by molar-refractivity contribution is 1.08. The van der Waals surface area contributed by atoms with Crippen molar-refractivity contribution in [2.75, 3.05) is 0 Å². The number of nitrogens with one attached hydrogen (secondary N) is 2. The SMILES string of the molecule is O=c1[nH]c(-c2ncc[nH]2)nc(-c2ccccc2)c1I. The first kappa shape index (κ1) is 12.1. The van der Waals surface area contributed by atoms with Crippen LogP contribution < -0.4 is 5.56 Å². The minimum atomic E-state index is -0.166. The summed E-state index contributed by atoms with van der Waals surface area (Å²) in [6.07, 6.45) is 3.31. The molecule has 0 amide bonds. The van der Waals surface area contributed by atoms with E-state index in [0.717, 1.165) is 5.56 Å². The van der Waals surface area contributed by atoms with Gasteiger partial charge in [0.05, 0.1) is 5.69 Å². The molecule has 6 heteroatoms. The zero-order valence-electron chi connectivity index (χ0n) is 9.72. The average Bonchev–Trinajstić information content (AvgIpc) is 2.97. The maximum Gasteiger partial charge on any atom is 0.265 e. The number of benzene rings is 1. The van der Waals surface area contributed by atoms with Crippen molar-refractivity contribution < 1.29 is 0 Å². The molecule has 2 N–H and O–H groups in total. The van der Waals surface area contributed by atoms with Gasteiger partial charge in [-0.1, -0.05) is 30.3 Å². The van der Waals surface area contributed by atoms with Crippen LogP contribution in [0.25, 0.3) is 22.9 Å². The van der Waals surface area contributed by atoms with Crippen molar-refractivity contribution in [3.8, 4) is 22.9 Å². The fourth-order valence-corrected chi connectivity index (χ4v) is 2.32. The van der Waals surface area contributed by atoms with E-state index < -0.39 is 0 Å². The average molecular weight is 364 g/mol. The van der Waals surface area contributed by atoms with Crippen LogP contribution in [0.1, 0.15) is 0 Å². The highest BCUT2D eigenvalue weighted by Gasteiger charge is 2.12. The molecule has 3 aromatic rings. The van der Waals surface area contributed by atoms with Crippen molar-refractivity contribution in [1.82, 2.24) is 19.9 Å². The molecule has 0 saturated carbocycles. The first-order valence-electron chi connectivity index (χ1n) is 5.60. The molecule has 0 aliphatic heterocycles. The third-order valence-electron chi connectivity index (χ3n) is 2.63. The van der Waals surface area contributed by atoms with E-state index in [1.165, 1.54) is 0 Å². The van der Waals surface area contributed by atoms with Gasteiger partial charge < -0.3 is 9.97 Å². The van der Waals surface area contributed by atoms with Crippen molar-refractivity contribution in [3.63, 3.8) is 0 Å². The van der Waals surface area contributed by atoms with Gasteiger partial charge in [-0.2, -0.15) is 0 Å². The van der Waals surface area contributed by atoms with E-state index in [0.29, 0.717) is 20.9 Å². The summed E-state index contributed by atoms with van der Waals surface area (Å²) in [6, 6.07) is 9.62. The minimum absolute atomic E-state index is 0.166. The molecule has 0 radical (unpaired) electrons. The maximum atomic E-state index is 12.0. The standard InChI is InChI=1S/C13H9IN4O/c14-9-10(8-4-2-1-3-5-8)17-12(18-13(9)19)11-15-6-7-16-11/h1-7H,(H,15,16)(H,17,18,19). The molecule has 0 bridgehead atoms. The van der Waals surface area contributed by atoms with Gasteiger partial charge in [-0.3, -0.25) is 4.79 Å². The van der Waals surface area contributed by atoms with Gasteiger partial charge in [0.15, 0.2) is 11.6 Å². The second-order valence-electron chi connectivity index (χ2n) is 3.88. The van der Waals surface area contributed by atoms with Crippen LogP contribution in [-0.2, 0) is 0 Å². The second-order valence-corrected chi connectivity index (χ2v) is 4.96. The summed E-state index contributed by atoms with van der Waals surface area (Å²) in [5.74, 6) is 0.986. The first-order chi connectivity index (χ1) is 9.25. The summed E-state index contributed by atoms with van der Waals surface area (Å²) in [7, 11) is 0. The molecule has 3 rings (SSSR count). The van der Waals surface area contributed by atoms with Crippen LogP contribution in [-0.4, -0.2) is 19.9 Å². The maximum absolute atomic E-state index is 12.0. The molecule has 5 nitrogen and oxygen atoms in total. The van der Waals surface area contributed by atoms with E-state index in [1.54, 1.807) is 12.4 Å². The lowest BCUT2D eigenvalue weighted by Gasteiger charge is -2.05. The predicted octanol–water partition coefficient (Wildman–Crippen LogP) is 2.43. The van der Waals surface area contributed by atoms with Crippen LogP contribution in [0.15, 0.2) is 47.5 Å². The van der Waals surface area contributed by atoms with E-state index in [-0.39, 0.29) is 5.56 Å². The summed E-state index contributed by atoms with van der Waals surface area (Å²) in [5.41, 5.74) is 1.41. The number of rotatable bonds is 2. The van der Waals surface area contributed by atoms with Crippen LogP contribution >= 0.6 is 22.6 Å². The van der Waals surface area contributed by atoms with Crippen molar-refractivity contribution in [1.29, 1.82) is 0 Å². The topological polar surface area (TPSA) is 74.4 Å². The highest BCUT2D eigenvalue weighted by atomic mass is 127. The lowest BCUT2D eigenvalue weighted by atomic mass is 10.1. The minimum Gasteiger partial charge on any atom is -0.342 e. The summed E-state index contributed by atoms with van der Waals surface area (Å²) >= 11 is 2.01. The molecule has 0 aliphatic carbocycles. The monoisotopic (exact) mass is 364 g/mol. The van der Waals surface area contributed by atoms with Gasteiger partial charge in [0.2, 0.25) is 0 Å². The number of H-pyrrole nitrogens is 2. The van der Waals surface area contributed by atoms with E-state index in [2.05, 4.69) is 19.9 Å². The summed E-state index contributed by atoms with van der Waals surface area (Å²) < 4.78 is 0.569. The zero-order chi connectivity index (χ0) is 13.2. The number of aromatic amines is 2. The van der Waals surface area contributed by atoms with E-state index in [9.17, 15) is 4.79 Å². The first-order valence-corrected chi connectivity index (χ1v) is 6.68. The number of nitrogens with zero attached hydrogens (tertiary/aromatic N) is 2. The highest BCUT2D eigenvalue weighted by Crippen LogP contribution is 2.21. The molecular formula is C13H9IN4O. The molecule has 94 valence electrons. The highest BCUT2D eigenvalue weighted by molar-refractivity contribution is 14.1. The number of halogens is 1. The Morgan fingerprint density at radius 2 is 1.89 bits per heavy atom. The zero-order valence-corrected chi connectivity index (χ0v) is 11.9. The van der Waals surface area contributed by atoms with Gasteiger partial charge in [0.25, 0.3) is 5.56 Å². The van der Waals surface area contributed by atoms with E-state index in [1.807, 2.05) is 52.9 Å². The number of imidazole rings is 1. The summed E-state index contributed by atoms with van der Waals surface area (Å²) in [6.45, 7) is 0. The molecule has 0 spiro atoms. The second kappa shape index (κ2) is 4.96. The Bertz CT molecular complexity index is 750. The van der Waals surface area contributed by atoms with Gasteiger partial charge in [-0.05, 0) is 22.6 Å². The van der Waals surface area contributed by atoms with Gasteiger partial charge in [0.1, 0.15) is 3.57 Å². The Morgan fingerprint density at radius 1 is 1.11 bits per heavy atom. The number of hydrogen-bond donors (Lipinski definition) is 2. The largest absolute Gasteiger partial charge is 0.342 e. The smallest absolute Gasteiger partial charge is 0.265 e. The Balaban J connectivity index is 2.23. The van der Waals surface area contributed by atoms with Crippen molar-refractivity contribution >= 4 is 22.6 Å². The van der Waals surface area contributed by atoms with E-state index in [4.69, 9.17) is 0 Å². The van der Waals surface area contributed by atoms with Crippen LogP contribution in [0.3, 0.4) is 0 Å². The van der Waals surface area contributed by atoms with Crippen LogP contribution in [0.5, 0.6) is 0 Å². The fraction of sp³-hybridized carbons (Fsp3) is 0.